The van der Waals surface area contributed by atoms with Crippen molar-refractivity contribution >= 4 is 11.9 Å². The van der Waals surface area contributed by atoms with E-state index in [1.807, 2.05) is 30.3 Å². The van der Waals surface area contributed by atoms with Crippen LogP contribution >= 0.6 is 0 Å². The van der Waals surface area contributed by atoms with Gasteiger partial charge in [0, 0.05) is 0 Å². The van der Waals surface area contributed by atoms with Crippen molar-refractivity contribution in [1.29, 1.82) is 0 Å². The van der Waals surface area contributed by atoms with Crippen LogP contribution in [0.25, 0.3) is 0 Å². The first-order valence-electron chi connectivity index (χ1n) is 7.30. The molecule has 0 radical (unpaired) electrons. The molecular weight excluding hydrogens is 268 g/mol. The normalized spacial score (nSPS) is 12.7. The fourth-order valence-electron chi connectivity index (χ4n) is 2.21. The third kappa shape index (κ3) is 4.56. The number of carboxylic acid groups (broad SMARTS) is 1. The van der Waals surface area contributed by atoms with Gasteiger partial charge in [0.05, 0.1) is 6.04 Å². The summed E-state index contributed by atoms with van der Waals surface area (Å²) in [4.78, 5) is 23.5. The van der Waals surface area contributed by atoms with Crippen molar-refractivity contribution in [2.45, 2.75) is 51.1 Å². The number of carbonyl (C=O) groups excluding carboxylic acids is 1. The van der Waals surface area contributed by atoms with E-state index in [1.54, 1.807) is 13.8 Å². The topological polar surface area (TPSA) is 92.4 Å². The maximum absolute atomic E-state index is 12.1. The Morgan fingerprint density at radius 3 is 2.29 bits per heavy atom. The zero-order valence-corrected chi connectivity index (χ0v) is 12.6. The third-order valence-electron chi connectivity index (χ3n) is 3.90. The molecule has 0 heterocycles. The Morgan fingerprint density at radius 2 is 1.81 bits per heavy atom. The highest BCUT2D eigenvalue weighted by atomic mass is 16.4. The molecule has 0 saturated heterocycles. The molecule has 0 bridgehead atoms. The molecule has 0 aromatic heterocycles. The molecule has 0 spiro atoms. The minimum absolute atomic E-state index is 0.329. The van der Waals surface area contributed by atoms with Gasteiger partial charge in [-0.1, -0.05) is 44.2 Å². The Balaban J connectivity index is 2.59. The van der Waals surface area contributed by atoms with Crippen molar-refractivity contribution in [3.63, 3.8) is 0 Å². The van der Waals surface area contributed by atoms with Crippen molar-refractivity contribution in [1.82, 2.24) is 5.32 Å². The average Bonchev–Trinajstić information content (AvgIpc) is 2.50. The van der Waals surface area contributed by atoms with E-state index >= 15 is 0 Å². The molecule has 0 fully saturated rings. The number of carboxylic acids is 1. The first kappa shape index (κ1) is 17.2. The molecule has 1 rings (SSSR count). The molecule has 1 aromatic rings. The third-order valence-corrected chi connectivity index (χ3v) is 3.90. The van der Waals surface area contributed by atoms with E-state index in [-0.39, 0.29) is 0 Å². The van der Waals surface area contributed by atoms with Crippen molar-refractivity contribution in [3.8, 4) is 0 Å². The molecule has 0 aliphatic heterocycles. The summed E-state index contributed by atoms with van der Waals surface area (Å²) < 4.78 is 0. The van der Waals surface area contributed by atoms with Gasteiger partial charge in [0.1, 0.15) is 5.54 Å². The highest BCUT2D eigenvalue weighted by Crippen LogP contribution is 2.16. The zero-order valence-electron chi connectivity index (χ0n) is 12.6. The van der Waals surface area contributed by atoms with Gasteiger partial charge in [0.15, 0.2) is 0 Å². The lowest BCUT2D eigenvalue weighted by Gasteiger charge is -2.29. The highest BCUT2D eigenvalue weighted by molar-refractivity contribution is 5.89. The van der Waals surface area contributed by atoms with Crippen LogP contribution in [-0.2, 0) is 16.0 Å². The molecule has 1 aromatic carbocycles. The van der Waals surface area contributed by atoms with Crippen LogP contribution in [0.5, 0.6) is 0 Å². The molecule has 5 nitrogen and oxygen atoms in total. The first-order chi connectivity index (χ1) is 9.95. The first-order valence-corrected chi connectivity index (χ1v) is 7.30. The van der Waals surface area contributed by atoms with Gasteiger partial charge in [-0.15, -0.1) is 0 Å². The summed E-state index contributed by atoms with van der Waals surface area (Å²) in [6.07, 6.45) is 1.83. The second kappa shape index (κ2) is 7.78. The second-order valence-corrected chi connectivity index (χ2v) is 5.21. The van der Waals surface area contributed by atoms with Gasteiger partial charge in [0.25, 0.3) is 0 Å². The number of rotatable bonds is 8. The monoisotopic (exact) mass is 292 g/mol. The van der Waals surface area contributed by atoms with E-state index in [4.69, 9.17) is 5.73 Å². The van der Waals surface area contributed by atoms with E-state index in [2.05, 4.69) is 5.32 Å². The predicted octanol–water partition coefficient (Wildman–Crippen LogP) is 1.71. The molecule has 116 valence electrons. The number of hydrogen-bond donors (Lipinski definition) is 3. The summed E-state index contributed by atoms with van der Waals surface area (Å²) >= 11 is 0. The zero-order chi connectivity index (χ0) is 15.9. The van der Waals surface area contributed by atoms with Crippen molar-refractivity contribution < 1.29 is 14.7 Å². The molecule has 1 atom stereocenters. The lowest BCUT2D eigenvalue weighted by atomic mass is 9.92. The molecule has 0 aliphatic rings. The number of nitrogens with two attached hydrogens (primary N) is 1. The lowest BCUT2D eigenvalue weighted by Crippen LogP contribution is -2.57. The van der Waals surface area contributed by atoms with E-state index in [1.165, 1.54) is 0 Å². The summed E-state index contributed by atoms with van der Waals surface area (Å²) in [5, 5.41) is 11.9. The van der Waals surface area contributed by atoms with Gasteiger partial charge in [-0.05, 0) is 31.2 Å². The Morgan fingerprint density at radius 1 is 1.24 bits per heavy atom. The largest absolute Gasteiger partial charge is 0.480 e. The van der Waals surface area contributed by atoms with E-state index in [0.717, 1.165) is 5.56 Å². The van der Waals surface area contributed by atoms with Crippen LogP contribution in [-0.4, -0.2) is 28.6 Å². The van der Waals surface area contributed by atoms with E-state index < -0.39 is 23.5 Å². The minimum Gasteiger partial charge on any atom is -0.480 e. The predicted molar refractivity (Wildman–Crippen MR) is 81.8 cm³/mol. The molecule has 4 N–H and O–H groups in total. The fraction of sp³-hybridized carbons (Fsp3) is 0.500. The van der Waals surface area contributed by atoms with Gasteiger partial charge in [0.2, 0.25) is 5.91 Å². The summed E-state index contributed by atoms with van der Waals surface area (Å²) in [6, 6.07) is 9.05. The lowest BCUT2D eigenvalue weighted by molar-refractivity contribution is -0.148. The maximum Gasteiger partial charge on any atom is 0.329 e. The molecular formula is C16H24N2O3. The van der Waals surface area contributed by atoms with Crippen LogP contribution in [0.15, 0.2) is 30.3 Å². The van der Waals surface area contributed by atoms with E-state index in [9.17, 15) is 14.7 Å². The van der Waals surface area contributed by atoms with Gasteiger partial charge in [-0.2, -0.15) is 0 Å². The minimum atomic E-state index is -1.22. The number of aryl methyl sites for hydroxylation is 1. The van der Waals surface area contributed by atoms with Crippen LogP contribution < -0.4 is 11.1 Å². The van der Waals surface area contributed by atoms with E-state index in [0.29, 0.717) is 25.7 Å². The van der Waals surface area contributed by atoms with Gasteiger partial charge in [-0.25, -0.2) is 4.79 Å². The average molecular weight is 292 g/mol. The standard InChI is InChI=1S/C16H24N2O3/c1-3-16(4-2,15(20)21)18-14(19)13(17)11-10-12-8-6-5-7-9-12/h5-9,13H,3-4,10-11,17H2,1-2H3,(H,18,19)(H,20,21)/t13-/m0/s1. The van der Waals surface area contributed by atoms with Crippen molar-refractivity contribution in [2.75, 3.05) is 0 Å². The Kier molecular flexibility index (Phi) is 6.37. The summed E-state index contributed by atoms with van der Waals surface area (Å²) in [7, 11) is 0. The molecule has 0 aliphatic carbocycles. The van der Waals surface area contributed by atoms with Crippen LogP contribution in [0.2, 0.25) is 0 Å². The number of aliphatic carboxylic acids is 1. The second-order valence-electron chi connectivity index (χ2n) is 5.21. The van der Waals surface area contributed by atoms with Crippen molar-refractivity contribution in [3.05, 3.63) is 35.9 Å². The fourth-order valence-corrected chi connectivity index (χ4v) is 2.21. The number of carbonyl (C=O) groups is 2. The summed E-state index contributed by atoms with van der Waals surface area (Å²) in [5.74, 6) is -1.42. The smallest absolute Gasteiger partial charge is 0.329 e. The highest BCUT2D eigenvalue weighted by Gasteiger charge is 2.37. The Bertz CT molecular complexity index is 470. The van der Waals surface area contributed by atoms with Crippen molar-refractivity contribution in [2.24, 2.45) is 5.73 Å². The Labute approximate surface area is 125 Å². The van der Waals surface area contributed by atoms with Crippen LogP contribution in [0.4, 0.5) is 0 Å². The maximum atomic E-state index is 12.1. The van der Waals surface area contributed by atoms with Crippen LogP contribution in [0.3, 0.4) is 0 Å². The van der Waals surface area contributed by atoms with Crippen LogP contribution in [0, 0.1) is 0 Å². The van der Waals surface area contributed by atoms with Gasteiger partial charge < -0.3 is 16.2 Å². The summed E-state index contributed by atoms with van der Waals surface area (Å²) in [6.45, 7) is 3.49. The number of hydrogen-bond acceptors (Lipinski definition) is 3. The quantitative estimate of drug-likeness (QED) is 0.680. The number of benzene rings is 1. The molecule has 5 heteroatoms. The van der Waals surface area contributed by atoms with Gasteiger partial charge in [-0.3, -0.25) is 4.79 Å². The molecule has 0 saturated carbocycles. The van der Waals surface area contributed by atoms with Gasteiger partial charge >= 0.3 is 5.97 Å². The number of amides is 1. The van der Waals surface area contributed by atoms with Crippen LogP contribution in [0.1, 0.15) is 38.7 Å². The number of nitrogens with one attached hydrogen (secondary N) is 1. The molecule has 21 heavy (non-hydrogen) atoms. The molecule has 1 amide bonds. The SMILES string of the molecule is CCC(CC)(NC(=O)[C@@H](N)CCc1ccccc1)C(=O)O. The molecule has 0 unspecified atom stereocenters. The Hall–Kier alpha value is -1.88. The summed E-state index contributed by atoms with van der Waals surface area (Å²) in [5.41, 5.74) is 5.76.